The fraction of sp³-hybridized carbons (Fsp3) is 1.00. The van der Waals surface area contributed by atoms with Gasteiger partial charge in [-0.1, -0.05) is 0 Å². The van der Waals surface area contributed by atoms with E-state index in [4.69, 9.17) is 3.79 Å². The summed E-state index contributed by atoms with van der Waals surface area (Å²) >= 11 is 0.848. The lowest BCUT2D eigenvalue weighted by molar-refractivity contribution is 0.147. The Balaban J connectivity index is 0. The van der Waals surface area contributed by atoms with Gasteiger partial charge < -0.3 is 3.79 Å². The first-order valence-corrected chi connectivity index (χ1v) is 2.93. The summed E-state index contributed by atoms with van der Waals surface area (Å²) in [5.41, 5.74) is 0.103. The Bertz CT molecular complexity index is 41.4. The summed E-state index contributed by atoms with van der Waals surface area (Å²) in [6.45, 7) is 6.17. The summed E-state index contributed by atoms with van der Waals surface area (Å²) in [4.78, 5) is 0. The van der Waals surface area contributed by atoms with Crippen molar-refractivity contribution < 1.29 is 3.79 Å². The first-order chi connectivity index (χ1) is 2.56. The quantitative estimate of drug-likeness (QED) is 0.450. The van der Waals surface area contributed by atoms with Crippen LogP contribution in [0.2, 0.25) is 0 Å². The molecule has 7 heavy (non-hydrogen) atoms. The van der Waals surface area contributed by atoms with Crippen LogP contribution in [0.1, 0.15) is 20.8 Å². The Morgan fingerprint density at radius 2 is 1.43 bits per heavy atom. The summed E-state index contributed by atoms with van der Waals surface area (Å²) in [5, 5.41) is 0. The molecule has 0 spiro atoms. The second-order valence-electron chi connectivity index (χ2n) is 2.32. The topological polar surface area (TPSA) is 9.23 Å². The molecule has 3 heteroatoms. The van der Waals surface area contributed by atoms with E-state index in [1.54, 1.807) is 0 Å². The van der Waals surface area contributed by atoms with Gasteiger partial charge in [0.15, 0.2) is 0 Å². The molecule has 0 aromatic rings. The Kier molecular flexibility index (Phi) is 5.73. The molecule has 0 atom stereocenters. The van der Waals surface area contributed by atoms with Crippen molar-refractivity contribution in [1.82, 2.24) is 0 Å². The van der Waals surface area contributed by atoms with E-state index < -0.39 is 0 Å². The predicted octanol–water partition coefficient (Wildman–Crippen LogP) is 0.771. The molecule has 0 radical (unpaired) electrons. The second-order valence-corrected chi connectivity index (χ2v) is 2.72. The first kappa shape index (κ1) is 10.7. The zero-order valence-electron chi connectivity index (χ0n) is 5.32. The maximum Gasteiger partial charge on any atom is 0.410 e. The lowest BCUT2D eigenvalue weighted by Gasteiger charge is -2.16. The Hall–Kier alpha value is 0.782. The average Bonchev–Trinajstić information content (AvgIpc) is 1.35. The maximum absolute atomic E-state index is 5.08. The van der Waals surface area contributed by atoms with Crippen LogP contribution in [0.3, 0.4) is 0 Å². The van der Waals surface area contributed by atoms with Crippen molar-refractivity contribution in [2.24, 2.45) is 0 Å². The fourth-order valence-electron chi connectivity index (χ4n) is 0. The van der Waals surface area contributed by atoms with Crippen LogP contribution in [0.25, 0.3) is 0 Å². The second kappa shape index (κ2) is 3.74. The standard InChI is InChI=1S/C4H9O.Al.ClH.2H/c1-4(2,3)5;;;;/h1-3H3;;1H;;/q-1;+1;;;. The summed E-state index contributed by atoms with van der Waals surface area (Å²) in [7, 11) is 0. The van der Waals surface area contributed by atoms with Gasteiger partial charge in [0.1, 0.15) is 0 Å². The molecular weight excluding hydrogens is 126 g/mol. The summed E-state index contributed by atoms with van der Waals surface area (Å²) in [5.74, 6) is 0. The van der Waals surface area contributed by atoms with E-state index in [0.717, 1.165) is 16.6 Å². The van der Waals surface area contributed by atoms with E-state index in [1.165, 1.54) is 0 Å². The Morgan fingerprint density at radius 1 is 1.29 bits per heavy atom. The molecule has 0 aliphatic carbocycles. The first-order valence-electron chi connectivity index (χ1n) is 2.11. The Labute approximate surface area is 59.6 Å². The van der Waals surface area contributed by atoms with Crippen molar-refractivity contribution >= 4 is 29.0 Å². The Morgan fingerprint density at radius 3 is 1.43 bits per heavy atom. The van der Waals surface area contributed by atoms with Crippen LogP contribution in [0.5, 0.6) is 0 Å². The van der Waals surface area contributed by atoms with Crippen LogP contribution in [0, 0.1) is 0 Å². The van der Waals surface area contributed by atoms with Crippen LogP contribution >= 0.6 is 12.4 Å². The van der Waals surface area contributed by atoms with Gasteiger partial charge in [-0.05, 0) is 20.8 Å². The van der Waals surface area contributed by atoms with E-state index in [2.05, 4.69) is 20.8 Å². The molecule has 0 aliphatic rings. The number of rotatable bonds is 0. The molecule has 0 aliphatic heterocycles. The van der Waals surface area contributed by atoms with E-state index >= 15 is 0 Å². The van der Waals surface area contributed by atoms with Crippen molar-refractivity contribution in [3.63, 3.8) is 0 Å². The number of halogens is 1. The third-order valence-corrected chi connectivity index (χ3v) is 1.84. The molecule has 0 heterocycles. The van der Waals surface area contributed by atoms with Crippen molar-refractivity contribution in [3.05, 3.63) is 0 Å². The predicted molar refractivity (Wildman–Crippen MR) is 36.6 cm³/mol. The molecule has 0 N–H and O–H groups in total. The average molecular weight is 139 g/mol. The zero-order chi connectivity index (χ0) is 5.21. The molecule has 44 valence electrons. The number of hydrogen-bond donors (Lipinski definition) is 0. The smallest absolute Gasteiger partial charge is 0.410 e. The molecular formula is C4H12AlClO. The molecule has 0 aromatic carbocycles. The fourth-order valence-corrected chi connectivity index (χ4v) is 0. The van der Waals surface area contributed by atoms with E-state index in [0.29, 0.717) is 0 Å². The maximum atomic E-state index is 5.08. The molecule has 0 fully saturated rings. The zero-order valence-corrected chi connectivity index (χ0v) is 8.13. The van der Waals surface area contributed by atoms with Crippen molar-refractivity contribution in [2.75, 3.05) is 0 Å². The molecule has 0 saturated heterocycles. The third-order valence-electron chi connectivity index (χ3n) is 0.612. The molecule has 0 aromatic heterocycles. The normalized spacial score (nSPS) is 10.1. The van der Waals surface area contributed by atoms with Crippen molar-refractivity contribution in [3.8, 4) is 0 Å². The van der Waals surface area contributed by atoms with E-state index in [1.807, 2.05) is 0 Å². The molecule has 0 saturated carbocycles. The summed E-state index contributed by atoms with van der Waals surface area (Å²) < 4.78 is 5.08. The lowest BCUT2D eigenvalue weighted by Crippen LogP contribution is -2.16. The van der Waals surface area contributed by atoms with Gasteiger partial charge in [-0.15, -0.1) is 12.4 Å². The minimum absolute atomic E-state index is 0. The van der Waals surface area contributed by atoms with E-state index in [-0.39, 0.29) is 18.0 Å². The molecule has 0 amide bonds. The van der Waals surface area contributed by atoms with Crippen LogP contribution in [0.4, 0.5) is 0 Å². The highest BCUT2D eigenvalue weighted by atomic mass is 35.5. The highest BCUT2D eigenvalue weighted by molar-refractivity contribution is 5.98. The van der Waals surface area contributed by atoms with Gasteiger partial charge in [-0.2, -0.15) is 0 Å². The van der Waals surface area contributed by atoms with Crippen molar-refractivity contribution in [1.29, 1.82) is 0 Å². The monoisotopic (exact) mass is 138 g/mol. The molecule has 0 unspecified atom stereocenters. The minimum Gasteiger partial charge on any atom is -0.502 e. The highest BCUT2D eigenvalue weighted by Gasteiger charge is 2.02. The minimum atomic E-state index is 0. The van der Waals surface area contributed by atoms with Gasteiger partial charge in [0.2, 0.25) is 0 Å². The largest absolute Gasteiger partial charge is 0.502 e. The SMILES string of the molecule is CC(C)(C)[O][AlH2].Cl. The summed E-state index contributed by atoms with van der Waals surface area (Å²) in [6, 6.07) is 0. The van der Waals surface area contributed by atoms with Gasteiger partial charge in [0, 0.05) is 5.60 Å². The van der Waals surface area contributed by atoms with Gasteiger partial charge in [-0.3, -0.25) is 0 Å². The van der Waals surface area contributed by atoms with Gasteiger partial charge >= 0.3 is 16.6 Å². The number of hydrogen-bond acceptors (Lipinski definition) is 1. The van der Waals surface area contributed by atoms with E-state index in [9.17, 15) is 0 Å². The molecule has 0 rings (SSSR count). The van der Waals surface area contributed by atoms with Crippen molar-refractivity contribution in [2.45, 2.75) is 26.4 Å². The highest BCUT2D eigenvalue weighted by Crippen LogP contribution is 2.01. The molecule has 1 nitrogen and oxygen atoms in total. The van der Waals surface area contributed by atoms with Crippen LogP contribution in [-0.2, 0) is 3.79 Å². The van der Waals surface area contributed by atoms with Gasteiger partial charge in [-0.25, -0.2) is 0 Å². The van der Waals surface area contributed by atoms with Crippen LogP contribution in [0.15, 0.2) is 0 Å². The lowest BCUT2D eigenvalue weighted by atomic mass is 10.2. The molecule has 0 bridgehead atoms. The van der Waals surface area contributed by atoms with Crippen LogP contribution < -0.4 is 0 Å². The van der Waals surface area contributed by atoms with Gasteiger partial charge in [0.25, 0.3) is 0 Å². The summed E-state index contributed by atoms with van der Waals surface area (Å²) in [6.07, 6.45) is 0. The van der Waals surface area contributed by atoms with Gasteiger partial charge in [0.05, 0.1) is 0 Å². The third kappa shape index (κ3) is 10.8. The van der Waals surface area contributed by atoms with Crippen LogP contribution in [-0.4, -0.2) is 22.2 Å².